The van der Waals surface area contributed by atoms with Crippen molar-refractivity contribution in [3.8, 4) is 11.5 Å². The normalized spacial score (nSPS) is 27.1. The Balaban J connectivity index is 1.91. The number of benzene rings is 1. The van der Waals surface area contributed by atoms with Crippen molar-refractivity contribution in [3.05, 3.63) is 18.2 Å². The highest BCUT2D eigenvalue weighted by atomic mass is 19.2. The molecule has 0 amide bonds. The van der Waals surface area contributed by atoms with Gasteiger partial charge in [0, 0.05) is 0 Å². The first-order valence-electron chi connectivity index (χ1n) is 5.92. The second kappa shape index (κ2) is 4.61. The zero-order valence-electron chi connectivity index (χ0n) is 9.73. The van der Waals surface area contributed by atoms with Gasteiger partial charge >= 0.3 is 0 Å². The number of piperazine rings is 1. The Morgan fingerprint density at radius 2 is 1.83 bits per heavy atom. The predicted molar refractivity (Wildman–Crippen MR) is 62.6 cm³/mol. The summed E-state index contributed by atoms with van der Waals surface area (Å²) in [5.41, 5.74) is 0.680. The first-order valence-corrected chi connectivity index (χ1v) is 5.92. The SMILES string of the molecule is FC1CN(c2cccc3c2OCCO3)CC(F)N1. The number of hydrogen-bond acceptors (Lipinski definition) is 4. The van der Waals surface area contributed by atoms with Crippen LogP contribution >= 0.6 is 0 Å². The first-order chi connectivity index (χ1) is 8.74. The molecule has 0 aromatic heterocycles. The predicted octanol–water partition coefficient (Wildman–Crippen LogP) is 1.46. The fourth-order valence-corrected chi connectivity index (χ4v) is 2.27. The molecule has 0 aliphatic carbocycles. The van der Waals surface area contributed by atoms with E-state index in [2.05, 4.69) is 5.32 Å². The van der Waals surface area contributed by atoms with E-state index in [1.54, 1.807) is 23.1 Å². The number of anilines is 1. The van der Waals surface area contributed by atoms with Gasteiger partial charge in [0.1, 0.15) is 13.2 Å². The van der Waals surface area contributed by atoms with Gasteiger partial charge in [-0.15, -0.1) is 0 Å². The van der Waals surface area contributed by atoms with Crippen LogP contribution < -0.4 is 19.7 Å². The Bertz CT molecular complexity index is 434. The molecule has 4 nitrogen and oxygen atoms in total. The van der Waals surface area contributed by atoms with E-state index in [-0.39, 0.29) is 13.1 Å². The Kier molecular flexibility index (Phi) is 2.95. The van der Waals surface area contributed by atoms with Gasteiger partial charge in [-0.2, -0.15) is 0 Å². The average Bonchev–Trinajstić information content (AvgIpc) is 2.37. The molecule has 1 fully saturated rings. The molecule has 2 aliphatic heterocycles. The number of nitrogens with one attached hydrogen (secondary N) is 1. The van der Waals surface area contributed by atoms with Crippen LogP contribution in [0, 0.1) is 0 Å². The minimum Gasteiger partial charge on any atom is -0.486 e. The number of rotatable bonds is 1. The van der Waals surface area contributed by atoms with E-state index >= 15 is 0 Å². The number of para-hydroxylation sites is 1. The number of hydrogen-bond donors (Lipinski definition) is 1. The lowest BCUT2D eigenvalue weighted by molar-refractivity contribution is 0.142. The zero-order chi connectivity index (χ0) is 12.5. The Morgan fingerprint density at radius 3 is 2.61 bits per heavy atom. The van der Waals surface area contributed by atoms with Crippen molar-refractivity contribution in [3.63, 3.8) is 0 Å². The standard InChI is InChI=1S/C12H14F2N2O2/c13-10-6-16(7-11(14)15-10)8-2-1-3-9-12(8)18-5-4-17-9/h1-3,10-11,15H,4-7H2. The fourth-order valence-electron chi connectivity index (χ4n) is 2.27. The highest BCUT2D eigenvalue weighted by Gasteiger charge is 2.29. The number of alkyl halides is 2. The summed E-state index contributed by atoms with van der Waals surface area (Å²) in [5, 5.41) is 2.21. The minimum atomic E-state index is -1.38. The average molecular weight is 256 g/mol. The van der Waals surface area contributed by atoms with Gasteiger partial charge in [0.25, 0.3) is 0 Å². The summed E-state index contributed by atoms with van der Waals surface area (Å²) in [7, 11) is 0. The van der Waals surface area contributed by atoms with Crippen LogP contribution in [0.4, 0.5) is 14.5 Å². The molecule has 1 N–H and O–H groups in total. The Labute approximate surface area is 103 Å². The molecule has 1 saturated heterocycles. The van der Waals surface area contributed by atoms with E-state index in [4.69, 9.17) is 9.47 Å². The van der Waals surface area contributed by atoms with E-state index in [0.717, 1.165) is 0 Å². The van der Waals surface area contributed by atoms with E-state index < -0.39 is 12.6 Å². The summed E-state index contributed by atoms with van der Waals surface area (Å²) >= 11 is 0. The van der Waals surface area contributed by atoms with Crippen molar-refractivity contribution >= 4 is 5.69 Å². The second-order valence-electron chi connectivity index (χ2n) is 4.31. The highest BCUT2D eigenvalue weighted by Crippen LogP contribution is 2.40. The molecule has 2 heterocycles. The molecule has 3 rings (SSSR count). The number of halogens is 2. The summed E-state index contributed by atoms with van der Waals surface area (Å²) in [6, 6.07) is 5.38. The van der Waals surface area contributed by atoms with Gasteiger partial charge in [-0.3, -0.25) is 5.32 Å². The molecule has 6 heteroatoms. The molecule has 2 aliphatic rings. The molecule has 2 unspecified atom stereocenters. The van der Waals surface area contributed by atoms with Crippen molar-refractivity contribution in [2.75, 3.05) is 31.2 Å². The highest BCUT2D eigenvalue weighted by molar-refractivity contribution is 5.65. The summed E-state index contributed by atoms with van der Waals surface area (Å²) in [5.74, 6) is 1.20. The van der Waals surface area contributed by atoms with Crippen LogP contribution in [0.25, 0.3) is 0 Å². The van der Waals surface area contributed by atoms with E-state index in [1.165, 1.54) is 0 Å². The van der Waals surface area contributed by atoms with Gasteiger partial charge in [0.15, 0.2) is 24.1 Å². The van der Waals surface area contributed by atoms with Gasteiger partial charge in [-0.05, 0) is 12.1 Å². The molecular weight excluding hydrogens is 242 g/mol. The van der Waals surface area contributed by atoms with Crippen molar-refractivity contribution in [1.82, 2.24) is 5.32 Å². The lowest BCUT2D eigenvalue weighted by Crippen LogP contribution is -2.53. The van der Waals surface area contributed by atoms with Crippen molar-refractivity contribution < 1.29 is 18.3 Å². The molecule has 1 aromatic carbocycles. The van der Waals surface area contributed by atoms with Gasteiger partial charge < -0.3 is 14.4 Å². The molecule has 0 bridgehead atoms. The van der Waals surface area contributed by atoms with Crippen LogP contribution in [0.5, 0.6) is 11.5 Å². The maximum atomic E-state index is 13.3. The lowest BCUT2D eigenvalue weighted by atomic mass is 10.2. The number of nitrogens with zero attached hydrogens (tertiary/aromatic N) is 1. The van der Waals surface area contributed by atoms with Crippen LogP contribution in [0.1, 0.15) is 0 Å². The quantitative estimate of drug-likeness (QED) is 0.771. The topological polar surface area (TPSA) is 33.7 Å². The summed E-state index contributed by atoms with van der Waals surface area (Å²) in [6.07, 6.45) is -2.76. The van der Waals surface area contributed by atoms with Crippen LogP contribution in [0.15, 0.2) is 18.2 Å². The molecule has 0 saturated carbocycles. The Hall–Kier alpha value is -1.56. The molecule has 2 atom stereocenters. The van der Waals surface area contributed by atoms with Gasteiger partial charge in [-0.1, -0.05) is 6.07 Å². The van der Waals surface area contributed by atoms with Gasteiger partial charge in [-0.25, -0.2) is 8.78 Å². The van der Waals surface area contributed by atoms with E-state index in [1.807, 2.05) is 0 Å². The van der Waals surface area contributed by atoms with Crippen LogP contribution in [-0.2, 0) is 0 Å². The van der Waals surface area contributed by atoms with Crippen molar-refractivity contribution in [1.29, 1.82) is 0 Å². The second-order valence-corrected chi connectivity index (χ2v) is 4.31. The molecule has 98 valence electrons. The third kappa shape index (κ3) is 2.08. The van der Waals surface area contributed by atoms with Gasteiger partial charge in [0.2, 0.25) is 0 Å². The Morgan fingerprint density at radius 1 is 1.11 bits per heavy atom. The van der Waals surface area contributed by atoms with Crippen molar-refractivity contribution in [2.45, 2.75) is 12.6 Å². The molecule has 0 radical (unpaired) electrons. The fraction of sp³-hybridized carbons (Fsp3) is 0.500. The summed E-state index contributed by atoms with van der Waals surface area (Å²) in [4.78, 5) is 1.64. The summed E-state index contributed by atoms with van der Waals surface area (Å²) < 4.78 is 37.7. The largest absolute Gasteiger partial charge is 0.486 e. The van der Waals surface area contributed by atoms with E-state index in [9.17, 15) is 8.78 Å². The zero-order valence-corrected chi connectivity index (χ0v) is 9.73. The number of ether oxygens (including phenoxy) is 2. The maximum Gasteiger partial charge on any atom is 0.184 e. The maximum absolute atomic E-state index is 13.3. The molecule has 18 heavy (non-hydrogen) atoms. The van der Waals surface area contributed by atoms with Crippen LogP contribution in [0.3, 0.4) is 0 Å². The monoisotopic (exact) mass is 256 g/mol. The lowest BCUT2D eigenvalue weighted by Gasteiger charge is -2.35. The molecule has 1 aromatic rings. The van der Waals surface area contributed by atoms with Crippen LogP contribution in [-0.4, -0.2) is 38.9 Å². The third-order valence-electron chi connectivity index (χ3n) is 3.01. The van der Waals surface area contributed by atoms with Crippen LogP contribution in [0.2, 0.25) is 0 Å². The minimum absolute atomic E-state index is 0.0975. The van der Waals surface area contributed by atoms with E-state index in [0.29, 0.717) is 30.4 Å². The molecule has 0 spiro atoms. The van der Waals surface area contributed by atoms with Gasteiger partial charge in [0.05, 0.1) is 18.8 Å². The number of fused-ring (bicyclic) bond motifs is 1. The van der Waals surface area contributed by atoms with Crippen molar-refractivity contribution in [2.24, 2.45) is 0 Å². The first kappa shape index (κ1) is 11.5. The third-order valence-corrected chi connectivity index (χ3v) is 3.01. The summed E-state index contributed by atoms with van der Waals surface area (Å²) in [6.45, 7) is 1.14. The smallest absolute Gasteiger partial charge is 0.184 e. The molecular formula is C12H14F2N2O2.